The number of nitrogens with zero attached hydrogens (tertiary/aromatic N) is 2. The lowest BCUT2D eigenvalue weighted by molar-refractivity contribution is -0.138. The maximum absolute atomic E-state index is 13.0. The highest BCUT2D eigenvalue weighted by Gasteiger charge is 2.32. The van der Waals surface area contributed by atoms with Gasteiger partial charge in [-0.2, -0.15) is 13.2 Å². The summed E-state index contributed by atoms with van der Waals surface area (Å²) in [5, 5.41) is 14.1. The van der Waals surface area contributed by atoms with E-state index in [1.54, 1.807) is 35.7 Å². The van der Waals surface area contributed by atoms with E-state index in [0.29, 0.717) is 11.4 Å². The van der Waals surface area contributed by atoms with E-state index in [4.69, 9.17) is 12.2 Å². The number of carbonyl (C=O) groups excluding carboxylic acids is 1. The van der Waals surface area contributed by atoms with Crippen molar-refractivity contribution < 1.29 is 18.0 Å². The van der Waals surface area contributed by atoms with Crippen molar-refractivity contribution in [2.24, 2.45) is 0 Å². The van der Waals surface area contributed by atoms with Crippen LogP contribution in [-0.2, 0) is 12.6 Å². The Morgan fingerprint density at radius 1 is 1.03 bits per heavy atom. The van der Waals surface area contributed by atoms with Crippen LogP contribution in [0.4, 0.5) is 24.5 Å². The fourth-order valence-electron chi connectivity index (χ4n) is 2.60. The highest BCUT2D eigenvalue weighted by Crippen LogP contribution is 2.31. The van der Waals surface area contributed by atoms with Crippen molar-refractivity contribution in [3.63, 3.8) is 0 Å². The third-order valence-electron chi connectivity index (χ3n) is 4.00. The molecule has 11 heteroatoms. The summed E-state index contributed by atoms with van der Waals surface area (Å²) in [4.78, 5) is 11.9. The van der Waals surface area contributed by atoms with Gasteiger partial charge in [-0.05, 0) is 66.1 Å². The fraction of sp³-hybridized carbons (Fsp3) is 0.158. The number of halogens is 3. The molecule has 30 heavy (non-hydrogen) atoms. The van der Waals surface area contributed by atoms with Gasteiger partial charge in [0.1, 0.15) is 0 Å². The van der Waals surface area contributed by atoms with Crippen molar-refractivity contribution in [3.05, 3.63) is 70.7 Å². The maximum atomic E-state index is 13.0. The Kier molecular flexibility index (Phi) is 6.95. The molecule has 0 unspecified atom stereocenters. The van der Waals surface area contributed by atoms with E-state index in [0.717, 1.165) is 17.6 Å². The molecule has 1 heterocycles. The average molecular weight is 451 g/mol. The summed E-state index contributed by atoms with van der Waals surface area (Å²) >= 11 is 6.27. The van der Waals surface area contributed by atoms with Crippen molar-refractivity contribution in [1.29, 1.82) is 0 Å². The summed E-state index contributed by atoms with van der Waals surface area (Å²) in [7, 11) is 0. The SMILES string of the molecule is O=C(Nc1ccc(NC(=S)NCCc2ccccc2C(F)(F)F)cc1)c1csnn1. The van der Waals surface area contributed by atoms with Gasteiger partial charge in [0.05, 0.1) is 5.56 Å². The van der Waals surface area contributed by atoms with Crippen LogP contribution in [0.2, 0.25) is 0 Å². The number of thiocarbonyl (C=S) groups is 1. The van der Waals surface area contributed by atoms with Crippen LogP contribution < -0.4 is 16.0 Å². The number of hydrogen-bond acceptors (Lipinski definition) is 5. The van der Waals surface area contributed by atoms with E-state index in [1.807, 2.05) is 0 Å². The van der Waals surface area contributed by atoms with Gasteiger partial charge in [0, 0.05) is 23.3 Å². The molecule has 3 rings (SSSR count). The van der Waals surface area contributed by atoms with Crippen LogP contribution in [0, 0.1) is 0 Å². The minimum atomic E-state index is -4.39. The van der Waals surface area contributed by atoms with Crippen LogP contribution >= 0.6 is 23.8 Å². The Hall–Kier alpha value is -3.05. The lowest BCUT2D eigenvalue weighted by atomic mass is 10.0. The zero-order valence-electron chi connectivity index (χ0n) is 15.4. The minimum Gasteiger partial charge on any atom is -0.362 e. The number of anilines is 2. The third kappa shape index (κ3) is 5.97. The van der Waals surface area contributed by atoms with Gasteiger partial charge in [0.25, 0.3) is 5.91 Å². The molecule has 0 atom stereocenters. The molecule has 0 saturated heterocycles. The van der Waals surface area contributed by atoms with E-state index < -0.39 is 11.7 Å². The lowest BCUT2D eigenvalue weighted by Gasteiger charge is -2.14. The second-order valence-corrected chi connectivity index (χ2v) is 7.13. The molecule has 6 nitrogen and oxygen atoms in total. The van der Waals surface area contributed by atoms with Gasteiger partial charge >= 0.3 is 6.18 Å². The van der Waals surface area contributed by atoms with E-state index in [9.17, 15) is 18.0 Å². The molecule has 3 aromatic rings. The molecule has 0 aliphatic carbocycles. The Balaban J connectivity index is 1.48. The summed E-state index contributed by atoms with van der Waals surface area (Å²) in [5.41, 5.74) is 1.03. The van der Waals surface area contributed by atoms with Crippen LogP contribution in [0.3, 0.4) is 0 Å². The van der Waals surface area contributed by atoms with Crippen LogP contribution in [0.5, 0.6) is 0 Å². The largest absolute Gasteiger partial charge is 0.416 e. The normalized spacial score (nSPS) is 11.0. The quantitative estimate of drug-likeness (QED) is 0.484. The highest BCUT2D eigenvalue weighted by atomic mass is 32.1. The summed E-state index contributed by atoms with van der Waals surface area (Å²) in [6.45, 7) is 0.245. The molecule has 0 fully saturated rings. The number of nitrogens with one attached hydrogen (secondary N) is 3. The first-order chi connectivity index (χ1) is 14.3. The summed E-state index contributed by atoms with van der Waals surface area (Å²) < 4.78 is 42.7. The van der Waals surface area contributed by atoms with E-state index in [1.165, 1.54) is 12.1 Å². The topological polar surface area (TPSA) is 78.9 Å². The molecule has 0 radical (unpaired) electrons. The number of alkyl halides is 3. The highest BCUT2D eigenvalue weighted by molar-refractivity contribution is 7.80. The Bertz CT molecular complexity index is 1010. The van der Waals surface area contributed by atoms with Crippen molar-refractivity contribution >= 4 is 46.1 Å². The molecule has 0 aliphatic heterocycles. The molecule has 0 bridgehead atoms. The summed E-state index contributed by atoms with van der Waals surface area (Å²) in [5.74, 6) is -0.360. The van der Waals surface area contributed by atoms with Crippen molar-refractivity contribution in [2.45, 2.75) is 12.6 Å². The first kappa shape index (κ1) is 21.7. The number of benzene rings is 2. The number of amides is 1. The Morgan fingerprint density at radius 2 is 1.70 bits per heavy atom. The Labute approximate surface area is 179 Å². The molecule has 0 saturated carbocycles. The number of hydrogen-bond donors (Lipinski definition) is 3. The molecule has 1 aromatic heterocycles. The third-order valence-corrected chi connectivity index (χ3v) is 4.75. The molecule has 2 aromatic carbocycles. The zero-order chi connectivity index (χ0) is 21.6. The molecule has 156 valence electrons. The molecular weight excluding hydrogens is 435 g/mol. The zero-order valence-corrected chi connectivity index (χ0v) is 17.0. The standard InChI is InChI=1S/C19H16F3N5OS2/c20-19(21,22)15-4-2-1-3-12(15)9-10-23-18(29)25-14-7-5-13(6-8-14)24-17(28)16-11-30-27-26-16/h1-8,11H,9-10H2,(H,24,28)(H2,23,25,29). The predicted octanol–water partition coefficient (Wildman–Crippen LogP) is 4.34. The Morgan fingerprint density at radius 3 is 2.33 bits per heavy atom. The minimum absolute atomic E-state index is 0.175. The lowest BCUT2D eigenvalue weighted by Crippen LogP contribution is -2.30. The van der Waals surface area contributed by atoms with Gasteiger partial charge in [0.15, 0.2) is 10.8 Å². The maximum Gasteiger partial charge on any atom is 0.416 e. The smallest absolute Gasteiger partial charge is 0.362 e. The van der Waals surface area contributed by atoms with Crippen LogP contribution in [0.1, 0.15) is 21.6 Å². The van der Waals surface area contributed by atoms with Gasteiger partial charge in [0.2, 0.25) is 0 Å². The first-order valence-electron chi connectivity index (χ1n) is 8.71. The van der Waals surface area contributed by atoms with E-state index in [2.05, 4.69) is 25.5 Å². The van der Waals surface area contributed by atoms with Gasteiger partial charge in [-0.25, -0.2) is 0 Å². The van der Waals surface area contributed by atoms with Crippen LogP contribution in [0.25, 0.3) is 0 Å². The van der Waals surface area contributed by atoms with E-state index >= 15 is 0 Å². The van der Waals surface area contributed by atoms with Gasteiger partial charge < -0.3 is 16.0 Å². The molecule has 0 aliphatic rings. The molecular formula is C19H16F3N5OS2. The molecule has 0 spiro atoms. The van der Waals surface area contributed by atoms with Crippen LogP contribution in [-0.4, -0.2) is 27.2 Å². The second kappa shape index (κ2) is 9.63. The van der Waals surface area contributed by atoms with Crippen LogP contribution in [0.15, 0.2) is 53.9 Å². The number of carbonyl (C=O) groups is 1. The summed E-state index contributed by atoms with van der Waals surface area (Å²) in [6, 6.07) is 12.2. The van der Waals surface area contributed by atoms with Gasteiger partial charge in [-0.15, -0.1) is 5.10 Å². The second-order valence-electron chi connectivity index (χ2n) is 6.11. The van der Waals surface area contributed by atoms with Gasteiger partial charge in [-0.1, -0.05) is 22.7 Å². The summed E-state index contributed by atoms with van der Waals surface area (Å²) in [6.07, 6.45) is -4.21. The first-order valence-corrected chi connectivity index (χ1v) is 9.96. The van der Waals surface area contributed by atoms with Crippen molar-refractivity contribution in [1.82, 2.24) is 14.9 Å². The predicted molar refractivity (Wildman–Crippen MR) is 114 cm³/mol. The fourth-order valence-corrected chi connectivity index (χ4v) is 3.25. The van der Waals surface area contributed by atoms with Gasteiger partial charge in [-0.3, -0.25) is 4.79 Å². The monoisotopic (exact) mass is 451 g/mol. The average Bonchev–Trinajstić information content (AvgIpc) is 3.24. The molecule has 1 amide bonds. The van der Waals surface area contributed by atoms with Crippen molar-refractivity contribution in [2.75, 3.05) is 17.2 Å². The van der Waals surface area contributed by atoms with E-state index in [-0.39, 0.29) is 35.2 Å². The van der Waals surface area contributed by atoms with Crippen molar-refractivity contribution in [3.8, 4) is 0 Å². The molecule has 3 N–H and O–H groups in total. The number of aromatic nitrogens is 2. The number of rotatable bonds is 6.